The average Bonchev–Trinajstić information content (AvgIpc) is 2.86. The molecule has 1 heterocycles. The van der Waals surface area contributed by atoms with Gasteiger partial charge in [-0.2, -0.15) is 0 Å². The van der Waals surface area contributed by atoms with Crippen LogP contribution in [0.1, 0.15) is 18.1 Å². The first-order valence-electron chi connectivity index (χ1n) is 7.54. The molecule has 4 nitrogen and oxygen atoms in total. The van der Waals surface area contributed by atoms with Crippen LogP contribution in [0.3, 0.4) is 0 Å². The van der Waals surface area contributed by atoms with E-state index >= 15 is 0 Å². The van der Waals surface area contributed by atoms with Gasteiger partial charge in [-0.1, -0.05) is 24.3 Å². The number of fused-ring (bicyclic) bond motifs is 1. The normalized spacial score (nSPS) is 15.0. The highest BCUT2D eigenvalue weighted by atomic mass is 16.5. The molecule has 1 aliphatic heterocycles. The van der Waals surface area contributed by atoms with E-state index in [2.05, 4.69) is 0 Å². The molecule has 0 saturated heterocycles. The first-order valence-corrected chi connectivity index (χ1v) is 7.54. The number of likely N-dealkylation sites (N-methyl/N-ethyl adjacent to an activating group) is 1. The Labute approximate surface area is 135 Å². The number of anilines is 1. The van der Waals surface area contributed by atoms with E-state index in [9.17, 15) is 4.79 Å². The Morgan fingerprint density at radius 1 is 1.04 bits per heavy atom. The Morgan fingerprint density at radius 2 is 1.78 bits per heavy atom. The molecule has 2 aromatic rings. The van der Waals surface area contributed by atoms with Crippen molar-refractivity contribution in [1.29, 1.82) is 0 Å². The summed E-state index contributed by atoms with van der Waals surface area (Å²) in [6.07, 6.45) is 1.90. The number of carbonyl (C=O) groups excluding carboxylic acids is 1. The molecule has 0 fully saturated rings. The van der Waals surface area contributed by atoms with Crippen LogP contribution in [0.15, 0.2) is 42.5 Å². The summed E-state index contributed by atoms with van der Waals surface area (Å²) in [4.78, 5) is 14.5. The second-order valence-electron chi connectivity index (χ2n) is 5.24. The first kappa shape index (κ1) is 15.2. The molecule has 2 aromatic carbocycles. The third-order valence-corrected chi connectivity index (χ3v) is 4.00. The monoisotopic (exact) mass is 309 g/mol. The zero-order valence-electron chi connectivity index (χ0n) is 13.5. The molecule has 0 aromatic heterocycles. The molecule has 4 heteroatoms. The third-order valence-electron chi connectivity index (χ3n) is 4.00. The summed E-state index contributed by atoms with van der Waals surface area (Å²) in [7, 11) is 3.20. The maximum absolute atomic E-state index is 12.7. The lowest BCUT2D eigenvalue weighted by molar-refractivity contribution is -0.112. The molecule has 0 atom stereocenters. The van der Waals surface area contributed by atoms with Gasteiger partial charge >= 0.3 is 0 Å². The quantitative estimate of drug-likeness (QED) is 0.810. The van der Waals surface area contributed by atoms with Crippen LogP contribution in [0.4, 0.5) is 5.69 Å². The van der Waals surface area contributed by atoms with Crippen LogP contribution in [-0.4, -0.2) is 26.7 Å². The molecule has 0 unspecified atom stereocenters. The van der Waals surface area contributed by atoms with Crippen LogP contribution in [0.25, 0.3) is 11.6 Å². The van der Waals surface area contributed by atoms with E-state index in [4.69, 9.17) is 9.47 Å². The lowest BCUT2D eigenvalue weighted by Gasteiger charge is -2.13. The van der Waals surface area contributed by atoms with Gasteiger partial charge in [0.25, 0.3) is 5.91 Å². The SMILES string of the molecule is CCN1C(=O)/C(=C\c2ccc(OC)c(OC)c2)c2ccccc21. The van der Waals surface area contributed by atoms with E-state index in [0.29, 0.717) is 23.6 Å². The minimum atomic E-state index is 0.0310. The number of hydrogen-bond donors (Lipinski definition) is 0. The van der Waals surface area contributed by atoms with E-state index in [-0.39, 0.29) is 5.91 Å². The molecule has 1 amide bonds. The second kappa shape index (κ2) is 6.16. The maximum Gasteiger partial charge on any atom is 0.258 e. The van der Waals surface area contributed by atoms with Crippen molar-refractivity contribution in [3.05, 3.63) is 53.6 Å². The number of methoxy groups -OCH3 is 2. The molecule has 3 rings (SSSR count). The van der Waals surface area contributed by atoms with Gasteiger partial charge in [0.2, 0.25) is 0 Å². The summed E-state index contributed by atoms with van der Waals surface area (Å²) in [6.45, 7) is 2.63. The molecule has 118 valence electrons. The highest BCUT2D eigenvalue weighted by Crippen LogP contribution is 2.38. The predicted molar refractivity (Wildman–Crippen MR) is 91.9 cm³/mol. The minimum absolute atomic E-state index is 0.0310. The predicted octanol–water partition coefficient (Wildman–Crippen LogP) is 3.61. The van der Waals surface area contributed by atoms with E-state index in [1.807, 2.05) is 55.5 Å². The molecule has 0 radical (unpaired) electrons. The van der Waals surface area contributed by atoms with Gasteiger partial charge in [0.15, 0.2) is 11.5 Å². The molecule has 0 spiro atoms. The first-order chi connectivity index (χ1) is 11.2. The van der Waals surface area contributed by atoms with Gasteiger partial charge in [0.05, 0.1) is 19.9 Å². The zero-order valence-corrected chi connectivity index (χ0v) is 13.5. The molecule has 0 N–H and O–H groups in total. The molecule has 23 heavy (non-hydrogen) atoms. The van der Waals surface area contributed by atoms with E-state index in [1.165, 1.54) is 0 Å². The second-order valence-corrected chi connectivity index (χ2v) is 5.24. The topological polar surface area (TPSA) is 38.8 Å². The number of amides is 1. The molecular formula is C19H19NO3. The Kier molecular flexibility index (Phi) is 4.06. The van der Waals surface area contributed by atoms with Crippen molar-refractivity contribution in [2.75, 3.05) is 25.7 Å². The molecule has 1 aliphatic rings. The van der Waals surface area contributed by atoms with Crippen LogP contribution in [0, 0.1) is 0 Å². The number of hydrogen-bond acceptors (Lipinski definition) is 3. The standard InChI is InChI=1S/C19H19NO3/c1-4-20-16-8-6-5-7-14(16)15(19(20)21)11-13-9-10-17(22-2)18(12-13)23-3/h5-12H,4H2,1-3H3/b15-11-. The van der Waals surface area contributed by atoms with Crippen LogP contribution in [-0.2, 0) is 4.79 Å². The number of para-hydroxylation sites is 1. The van der Waals surface area contributed by atoms with Crippen molar-refractivity contribution < 1.29 is 14.3 Å². The largest absolute Gasteiger partial charge is 0.493 e. The highest BCUT2D eigenvalue weighted by Gasteiger charge is 2.30. The summed E-state index contributed by atoms with van der Waals surface area (Å²) in [5.41, 5.74) is 3.54. The van der Waals surface area contributed by atoms with Crippen LogP contribution in [0.5, 0.6) is 11.5 Å². The van der Waals surface area contributed by atoms with Crippen molar-refractivity contribution >= 4 is 23.2 Å². The maximum atomic E-state index is 12.7. The molecule has 0 aliphatic carbocycles. The van der Waals surface area contributed by atoms with Crippen molar-refractivity contribution in [2.24, 2.45) is 0 Å². The molecular weight excluding hydrogens is 290 g/mol. The van der Waals surface area contributed by atoms with Gasteiger partial charge < -0.3 is 14.4 Å². The van der Waals surface area contributed by atoms with Crippen molar-refractivity contribution in [1.82, 2.24) is 0 Å². The third kappa shape index (κ3) is 2.57. The van der Waals surface area contributed by atoms with Gasteiger partial charge in [0.1, 0.15) is 0 Å². The van der Waals surface area contributed by atoms with Crippen molar-refractivity contribution in [3.63, 3.8) is 0 Å². The summed E-state index contributed by atoms with van der Waals surface area (Å²) in [6, 6.07) is 13.5. The zero-order chi connectivity index (χ0) is 16.4. The lowest BCUT2D eigenvalue weighted by atomic mass is 10.0. The van der Waals surface area contributed by atoms with E-state index in [0.717, 1.165) is 16.8 Å². The lowest BCUT2D eigenvalue weighted by Crippen LogP contribution is -2.25. The Morgan fingerprint density at radius 3 is 2.48 bits per heavy atom. The fourth-order valence-corrected chi connectivity index (χ4v) is 2.87. The summed E-state index contributed by atoms with van der Waals surface area (Å²) >= 11 is 0. The van der Waals surface area contributed by atoms with Gasteiger partial charge in [0, 0.05) is 17.7 Å². The Bertz CT molecular complexity index is 780. The van der Waals surface area contributed by atoms with Gasteiger partial charge in [-0.25, -0.2) is 0 Å². The summed E-state index contributed by atoms with van der Waals surface area (Å²) in [5.74, 6) is 1.35. The Hall–Kier alpha value is -2.75. The minimum Gasteiger partial charge on any atom is -0.493 e. The fraction of sp³-hybridized carbons (Fsp3) is 0.211. The number of benzene rings is 2. The highest BCUT2D eigenvalue weighted by molar-refractivity contribution is 6.35. The Balaban J connectivity index is 2.08. The van der Waals surface area contributed by atoms with Crippen LogP contribution < -0.4 is 14.4 Å². The van der Waals surface area contributed by atoms with E-state index < -0.39 is 0 Å². The molecule has 0 saturated carbocycles. The number of ether oxygens (including phenoxy) is 2. The smallest absolute Gasteiger partial charge is 0.258 e. The average molecular weight is 309 g/mol. The van der Waals surface area contributed by atoms with Gasteiger partial charge in [-0.15, -0.1) is 0 Å². The van der Waals surface area contributed by atoms with Crippen molar-refractivity contribution in [2.45, 2.75) is 6.92 Å². The summed E-state index contributed by atoms with van der Waals surface area (Å²) in [5, 5.41) is 0. The van der Waals surface area contributed by atoms with Gasteiger partial charge in [-0.3, -0.25) is 4.79 Å². The summed E-state index contributed by atoms with van der Waals surface area (Å²) < 4.78 is 10.6. The van der Waals surface area contributed by atoms with Crippen LogP contribution >= 0.6 is 0 Å². The van der Waals surface area contributed by atoms with E-state index in [1.54, 1.807) is 19.1 Å². The van der Waals surface area contributed by atoms with Gasteiger partial charge in [-0.05, 0) is 36.8 Å². The number of rotatable bonds is 4. The fourth-order valence-electron chi connectivity index (χ4n) is 2.87. The molecule has 0 bridgehead atoms. The van der Waals surface area contributed by atoms with Crippen molar-refractivity contribution in [3.8, 4) is 11.5 Å². The van der Waals surface area contributed by atoms with Crippen LogP contribution in [0.2, 0.25) is 0 Å². The number of carbonyl (C=O) groups is 1. The number of nitrogens with zero attached hydrogens (tertiary/aromatic N) is 1.